The van der Waals surface area contributed by atoms with Gasteiger partial charge < -0.3 is 14.9 Å². The molecule has 0 spiro atoms. The zero-order valence-corrected chi connectivity index (χ0v) is 14.8. The summed E-state index contributed by atoms with van der Waals surface area (Å²) in [6.45, 7) is 6.56. The van der Waals surface area contributed by atoms with Crippen LogP contribution in [0, 0.1) is 6.92 Å². The molecular formula is C16H25ClN4O2. The number of carbonyl (C=O) groups is 1. The third-order valence-corrected chi connectivity index (χ3v) is 4.39. The van der Waals surface area contributed by atoms with Crippen molar-refractivity contribution in [1.29, 1.82) is 0 Å². The van der Waals surface area contributed by atoms with Gasteiger partial charge in [-0.25, -0.2) is 4.98 Å². The largest absolute Gasteiger partial charge is 0.390 e. The molecule has 0 radical (unpaired) electrons. The number of nitrogens with zero attached hydrogens (tertiary/aromatic N) is 4. The van der Waals surface area contributed by atoms with Crippen LogP contribution in [0.3, 0.4) is 0 Å². The predicted octanol–water partition coefficient (Wildman–Crippen LogP) is 0.724. The molecule has 1 amide bonds. The number of aryl methyl sites for hydroxylation is 1. The molecule has 1 fully saturated rings. The lowest BCUT2D eigenvalue weighted by Crippen LogP contribution is -2.49. The third kappa shape index (κ3) is 5.14. The van der Waals surface area contributed by atoms with Gasteiger partial charge in [0.2, 0.25) is 0 Å². The molecule has 23 heavy (non-hydrogen) atoms. The molecule has 2 heterocycles. The molecule has 1 aliphatic heterocycles. The molecule has 0 bridgehead atoms. The van der Waals surface area contributed by atoms with Crippen molar-refractivity contribution in [2.24, 2.45) is 0 Å². The Hall–Kier alpha value is -1.21. The number of rotatable bonds is 5. The minimum atomic E-state index is -0.562. The van der Waals surface area contributed by atoms with E-state index >= 15 is 0 Å². The first-order valence-corrected chi connectivity index (χ1v) is 8.22. The Morgan fingerprint density at radius 3 is 2.65 bits per heavy atom. The van der Waals surface area contributed by atoms with Crippen molar-refractivity contribution in [1.82, 2.24) is 19.7 Å². The molecule has 1 aromatic rings. The molecule has 1 aromatic heterocycles. The highest BCUT2D eigenvalue weighted by Crippen LogP contribution is 2.13. The van der Waals surface area contributed by atoms with Gasteiger partial charge in [-0.1, -0.05) is 11.6 Å². The average molecular weight is 341 g/mol. The van der Waals surface area contributed by atoms with Gasteiger partial charge in [0.15, 0.2) is 0 Å². The van der Waals surface area contributed by atoms with Crippen molar-refractivity contribution >= 4 is 17.5 Å². The van der Waals surface area contributed by atoms with Crippen molar-refractivity contribution in [3.8, 4) is 0 Å². The molecule has 1 unspecified atom stereocenters. The van der Waals surface area contributed by atoms with E-state index in [0.717, 1.165) is 26.2 Å². The predicted molar refractivity (Wildman–Crippen MR) is 90.9 cm³/mol. The van der Waals surface area contributed by atoms with Crippen molar-refractivity contribution in [3.63, 3.8) is 0 Å². The third-order valence-electron chi connectivity index (χ3n) is 4.18. The van der Waals surface area contributed by atoms with Crippen LogP contribution >= 0.6 is 11.6 Å². The van der Waals surface area contributed by atoms with Gasteiger partial charge in [-0.15, -0.1) is 0 Å². The quantitative estimate of drug-likeness (QED) is 0.801. The fourth-order valence-corrected chi connectivity index (χ4v) is 2.94. The van der Waals surface area contributed by atoms with E-state index < -0.39 is 6.10 Å². The van der Waals surface area contributed by atoms with Gasteiger partial charge in [0.25, 0.3) is 5.91 Å². The number of halogens is 1. The van der Waals surface area contributed by atoms with Gasteiger partial charge in [0, 0.05) is 46.3 Å². The first-order chi connectivity index (χ1) is 10.9. The molecule has 6 nitrogen and oxygen atoms in total. The highest BCUT2D eigenvalue weighted by Gasteiger charge is 2.21. The van der Waals surface area contributed by atoms with E-state index in [1.807, 2.05) is 0 Å². The van der Waals surface area contributed by atoms with Crippen molar-refractivity contribution in [2.45, 2.75) is 13.0 Å². The first kappa shape index (κ1) is 18.1. The average Bonchev–Trinajstić information content (AvgIpc) is 2.49. The molecule has 0 saturated carbocycles. The van der Waals surface area contributed by atoms with Crippen LogP contribution in [0.4, 0.5) is 0 Å². The smallest absolute Gasteiger partial charge is 0.255 e. The van der Waals surface area contributed by atoms with E-state index in [-0.39, 0.29) is 5.91 Å². The number of aliphatic hydroxyl groups is 1. The van der Waals surface area contributed by atoms with Crippen LogP contribution in [-0.4, -0.2) is 90.2 Å². The van der Waals surface area contributed by atoms with Crippen LogP contribution < -0.4 is 0 Å². The minimum Gasteiger partial charge on any atom is -0.390 e. The van der Waals surface area contributed by atoms with Crippen LogP contribution in [0.2, 0.25) is 5.15 Å². The maximum absolute atomic E-state index is 12.5. The van der Waals surface area contributed by atoms with Gasteiger partial charge in [0.1, 0.15) is 5.15 Å². The lowest BCUT2D eigenvalue weighted by atomic mass is 10.1. The van der Waals surface area contributed by atoms with E-state index in [1.54, 1.807) is 31.0 Å². The number of piperazine rings is 1. The Labute approximate surface area is 142 Å². The second kappa shape index (κ2) is 8.06. The molecule has 0 aromatic carbocycles. The summed E-state index contributed by atoms with van der Waals surface area (Å²) in [6, 6.07) is 3.28. The molecular weight excluding hydrogens is 316 g/mol. The summed E-state index contributed by atoms with van der Waals surface area (Å²) in [6.07, 6.45) is -0.562. The van der Waals surface area contributed by atoms with Crippen molar-refractivity contribution < 1.29 is 9.90 Å². The van der Waals surface area contributed by atoms with E-state index in [1.165, 1.54) is 0 Å². The normalized spacial score (nSPS) is 18.0. The summed E-state index contributed by atoms with van der Waals surface area (Å²) in [5.41, 5.74) is 1.12. The summed E-state index contributed by atoms with van der Waals surface area (Å²) < 4.78 is 0. The first-order valence-electron chi connectivity index (χ1n) is 7.84. The Morgan fingerprint density at radius 1 is 1.39 bits per heavy atom. The van der Waals surface area contributed by atoms with E-state index in [0.29, 0.717) is 29.5 Å². The number of pyridine rings is 1. The Kier molecular flexibility index (Phi) is 6.35. The van der Waals surface area contributed by atoms with E-state index in [9.17, 15) is 9.90 Å². The number of carbonyl (C=O) groups excluding carboxylic acids is 1. The fourth-order valence-electron chi connectivity index (χ4n) is 2.75. The zero-order valence-electron chi connectivity index (χ0n) is 14.0. The molecule has 128 valence electrons. The summed E-state index contributed by atoms with van der Waals surface area (Å²) in [7, 11) is 3.80. The number of hydrogen-bond donors (Lipinski definition) is 1. The highest BCUT2D eigenvalue weighted by molar-refractivity contribution is 6.29. The lowest BCUT2D eigenvalue weighted by molar-refractivity contribution is 0.0501. The summed E-state index contributed by atoms with van der Waals surface area (Å²) >= 11 is 5.82. The number of aromatic nitrogens is 1. The van der Waals surface area contributed by atoms with Gasteiger partial charge in [0.05, 0.1) is 17.4 Å². The highest BCUT2D eigenvalue weighted by atomic mass is 35.5. The van der Waals surface area contributed by atoms with Gasteiger partial charge >= 0.3 is 0 Å². The molecule has 0 aliphatic carbocycles. The fraction of sp³-hybridized carbons (Fsp3) is 0.625. The number of likely N-dealkylation sites (N-methyl/N-ethyl adjacent to an activating group) is 2. The number of β-amino-alcohol motifs (C(OH)–C–C–N with tert-alkyl or cyclic N) is 1. The second-order valence-corrected chi connectivity index (χ2v) is 6.60. The number of amides is 1. The van der Waals surface area contributed by atoms with Crippen LogP contribution in [0.1, 0.15) is 16.1 Å². The van der Waals surface area contributed by atoms with Crippen LogP contribution in [0.5, 0.6) is 0 Å². The molecule has 1 atom stereocenters. The molecule has 1 saturated heterocycles. The number of aliphatic hydroxyl groups excluding tert-OH is 1. The zero-order chi connectivity index (χ0) is 17.0. The van der Waals surface area contributed by atoms with E-state index in [4.69, 9.17) is 11.6 Å². The molecule has 1 aliphatic rings. The number of hydrogen-bond acceptors (Lipinski definition) is 5. The summed E-state index contributed by atoms with van der Waals surface area (Å²) in [5.74, 6) is -0.149. The Balaban J connectivity index is 1.87. The Morgan fingerprint density at radius 2 is 2.04 bits per heavy atom. The van der Waals surface area contributed by atoms with Crippen molar-refractivity contribution in [3.05, 3.63) is 28.5 Å². The van der Waals surface area contributed by atoms with Crippen molar-refractivity contribution in [2.75, 3.05) is 53.4 Å². The topological polar surface area (TPSA) is 59.9 Å². The SMILES string of the molecule is Cc1nc(Cl)ccc1C(=O)N(C)CC(O)CN1CCN(C)CC1. The van der Waals surface area contributed by atoms with Gasteiger partial charge in [-0.05, 0) is 26.1 Å². The summed E-state index contributed by atoms with van der Waals surface area (Å²) in [5, 5.41) is 10.6. The molecule has 1 N–H and O–H groups in total. The monoisotopic (exact) mass is 340 g/mol. The van der Waals surface area contributed by atoms with Crippen LogP contribution in [0.15, 0.2) is 12.1 Å². The van der Waals surface area contributed by atoms with Crippen LogP contribution in [-0.2, 0) is 0 Å². The molecule has 7 heteroatoms. The Bertz CT molecular complexity index is 547. The lowest BCUT2D eigenvalue weighted by Gasteiger charge is -2.34. The second-order valence-electron chi connectivity index (χ2n) is 6.21. The van der Waals surface area contributed by atoms with Crippen LogP contribution in [0.25, 0.3) is 0 Å². The maximum Gasteiger partial charge on any atom is 0.255 e. The van der Waals surface area contributed by atoms with E-state index in [2.05, 4.69) is 21.8 Å². The molecule has 2 rings (SSSR count). The standard InChI is InChI=1S/C16H25ClN4O2/c1-12-14(4-5-15(17)18-12)16(23)20(3)10-13(22)11-21-8-6-19(2)7-9-21/h4-5,13,22H,6-11H2,1-3H3. The maximum atomic E-state index is 12.5. The summed E-state index contributed by atoms with van der Waals surface area (Å²) in [4.78, 5) is 22.6. The van der Waals surface area contributed by atoms with Gasteiger partial charge in [-0.2, -0.15) is 0 Å². The minimum absolute atomic E-state index is 0.149. The van der Waals surface area contributed by atoms with Gasteiger partial charge in [-0.3, -0.25) is 9.69 Å².